The summed E-state index contributed by atoms with van der Waals surface area (Å²) in [6.45, 7) is 3.07. The molecule has 1 saturated carbocycles. The second-order valence-corrected chi connectivity index (χ2v) is 5.16. The molecule has 3 nitrogen and oxygen atoms in total. The van der Waals surface area contributed by atoms with E-state index in [9.17, 15) is 18.0 Å². The van der Waals surface area contributed by atoms with Crippen molar-refractivity contribution in [2.24, 2.45) is 5.92 Å². The van der Waals surface area contributed by atoms with Gasteiger partial charge in [0.1, 0.15) is 0 Å². The molecule has 1 fully saturated rings. The zero-order chi connectivity index (χ0) is 14.3. The van der Waals surface area contributed by atoms with Gasteiger partial charge < -0.3 is 10.6 Å². The van der Waals surface area contributed by atoms with Crippen LogP contribution in [0.5, 0.6) is 0 Å². The lowest BCUT2D eigenvalue weighted by atomic mass is 9.85. The van der Waals surface area contributed by atoms with Crippen LogP contribution in [-0.4, -0.2) is 31.2 Å². The molecule has 0 bridgehead atoms. The molecule has 0 aliphatic heterocycles. The third kappa shape index (κ3) is 6.27. The molecule has 2 atom stereocenters. The number of halogens is 3. The van der Waals surface area contributed by atoms with E-state index in [0.29, 0.717) is 25.9 Å². The van der Waals surface area contributed by atoms with Gasteiger partial charge in [-0.3, -0.25) is 4.79 Å². The van der Waals surface area contributed by atoms with Crippen LogP contribution < -0.4 is 10.6 Å². The van der Waals surface area contributed by atoms with Crippen molar-refractivity contribution in [3.05, 3.63) is 0 Å². The Balaban J connectivity index is 2.20. The topological polar surface area (TPSA) is 41.1 Å². The summed E-state index contributed by atoms with van der Waals surface area (Å²) < 4.78 is 37.8. The number of nitrogens with one attached hydrogen (secondary N) is 2. The quantitative estimate of drug-likeness (QED) is 0.785. The maximum absolute atomic E-state index is 12.6. The molecule has 112 valence electrons. The molecule has 0 aromatic carbocycles. The van der Waals surface area contributed by atoms with Crippen molar-refractivity contribution in [3.8, 4) is 0 Å². The van der Waals surface area contributed by atoms with Gasteiger partial charge in [0.05, 0.1) is 5.92 Å². The molecular weight excluding hydrogens is 257 g/mol. The van der Waals surface area contributed by atoms with Crippen LogP contribution >= 0.6 is 0 Å². The lowest BCUT2D eigenvalue weighted by molar-refractivity contribution is -0.183. The number of hydrogen-bond donors (Lipinski definition) is 2. The zero-order valence-electron chi connectivity index (χ0n) is 11.4. The minimum Gasteiger partial charge on any atom is -0.356 e. The van der Waals surface area contributed by atoms with Gasteiger partial charge in [0.25, 0.3) is 0 Å². The molecule has 0 spiro atoms. The van der Waals surface area contributed by atoms with Gasteiger partial charge >= 0.3 is 6.18 Å². The van der Waals surface area contributed by atoms with Gasteiger partial charge in [-0.05, 0) is 25.7 Å². The van der Waals surface area contributed by atoms with Crippen LogP contribution in [0.15, 0.2) is 0 Å². The van der Waals surface area contributed by atoms with Gasteiger partial charge in [0.15, 0.2) is 0 Å². The Morgan fingerprint density at radius 1 is 1.26 bits per heavy atom. The largest absolute Gasteiger partial charge is 0.391 e. The Bertz CT molecular complexity index is 282. The van der Waals surface area contributed by atoms with E-state index in [1.807, 2.05) is 6.92 Å². The fraction of sp³-hybridized carbons (Fsp3) is 0.923. The summed E-state index contributed by atoms with van der Waals surface area (Å²) in [6, 6.07) is -0.112. The first-order chi connectivity index (χ1) is 8.93. The molecule has 6 heteroatoms. The van der Waals surface area contributed by atoms with E-state index in [2.05, 4.69) is 10.6 Å². The third-order valence-corrected chi connectivity index (χ3v) is 3.49. The summed E-state index contributed by atoms with van der Waals surface area (Å²) in [5.41, 5.74) is 0. The van der Waals surface area contributed by atoms with Crippen LogP contribution in [-0.2, 0) is 4.79 Å². The highest BCUT2D eigenvalue weighted by Crippen LogP contribution is 2.37. The van der Waals surface area contributed by atoms with Gasteiger partial charge in [0, 0.05) is 25.6 Å². The molecule has 2 N–H and O–H groups in total. The number of rotatable bonds is 6. The van der Waals surface area contributed by atoms with Gasteiger partial charge in [-0.25, -0.2) is 0 Å². The third-order valence-electron chi connectivity index (χ3n) is 3.49. The van der Waals surface area contributed by atoms with Crippen LogP contribution in [0.4, 0.5) is 13.2 Å². The number of amides is 1. The second-order valence-electron chi connectivity index (χ2n) is 5.16. The highest BCUT2D eigenvalue weighted by Gasteiger charge is 2.41. The Morgan fingerprint density at radius 2 is 2.00 bits per heavy atom. The molecule has 0 radical (unpaired) electrons. The molecule has 19 heavy (non-hydrogen) atoms. The van der Waals surface area contributed by atoms with Crippen molar-refractivity contribution in [1.82, 2.24) is 10.6 Å². The van der Waals surface area contributed by atoms with Crippen molar-refractivity contribution in [2.75, 3.05) is 13.1 Å². The molecule has 1 amide bonds. The lowest BCUT2D eigenvalue weighted by Gasteiger charge is -2.31. The minimum atomic E-state index is -4.08. The van der Waals surface area contributed by atoms with Crippen molar-refractivity contribution >= 4 is 5.91 Å². The van der Waals surface area contributed by atoms with E-state index in [-0.39, 0.29) is 24.8 Å². The molecular formula is C13H23F3N2O. The predicted octanol–water partition coefficient (Wildman–Crippen LogP) is 2.61. The fourth-order valence-corrected chi connectivity index (χ4v) is 2.42. The summed E-state index contributed by atoms with van der Waals surface area (Å²) in [4.78, 5) is 11.3. The van der Waals surface area contributed by atoms with Crippen molar-refractivity contribution < 1.29 is 18.0 Å². The van der Waals surface area contributed by atoms with Gasteiger partial charge in [-0.15, -0.1) is 0 Å². The lowest BCUT2D eigenvalue weighted by Crippen LogP contribution is -2.40. The number of carbonyl (C=O) groups excluding carboxylic acids is 1. The maximum atomic E-state index is 12.6. The van der Waals surface area contributed by atoms with Crippen molar-refractivity contribution in [3.63, 3.8) is 0 Å². The molecule has 0 saturated heterocycles. The summed E-state index contributed by atoms with van der Waals surface area (Å²) in [6.07, 6.45) is -1.13. The summed E-state index contributed by atoms with van der Waals surface area (Å²) in [5, 5.41) is 5.81. The minimum absolute atomic E-state index is 0.0440. The molecule has 0 heterocycles. The Kier molecular flexibility index (Phi) is 6.62. The maximum Gasteiger partial charge on any atom is 0.391 e. The number of alkyl halides is 3. The van der Waals surface area contributed by atoms with Crippen molar-refractivity contribution in [1.29, 1.82) is 0 Å². The van der Waals surface area contributed by atoms with E-state index in [4.69, 9.17) is 0 Å². The van der Waals surface area contributed by atoms with Gasteiger partial charge in [0.2, 0.25) is 5.91 Å². The normalized spacial score (nSPS) is 24.2. The first kappa shape index (κ1) is 16.3. The first-order valence-electron chi connectivity index (χ1n) is 7.00. The van der Waals surface area contributed by atoms with Gasteiger partial charge in [-0.1, -0.05) is 13.3 Å². The van der Waals surface area contributed by atoms with Crippen LogP contribution in [0.25, 0.3) is 0 Å². The van der Waals surface area contributed by atoms with E-state index in [1.165, 1.54) is 0 Å². The molecule has 2 unspecified atom stereocenters. The highest BCUT2D eigenvalue weighted by atomic mass is 19.4. The molecule has 0 aromatic heterocycles. The molecule has 1 rings (SSSR count). The highest BCUT2D eigenvalue weighted by molar-refractivity contribution is 5.75. The Morgan fingerprint density at radius 3 is 2.63 bits per heavy atom. The summed E-state index contributed by atoms with van der Waals surface area (Å²) >= 11 is 0. The predicted molar refractivity (Wildman–Crippen MR) is 67.7 cm³/mol. The average molecular weight is 280 g/mol. The molecule has 1 aliphatic carbocycles. The molecule has 0 aromatic rings. The van der Waals surface area contributed by atoms with Crippen molar-refractivity contribution in [2.45, 2.75) is 57.7 Å². The van der Waals surface area contributed by atoms with E-state index in [1.54, 1.807) is 0 Å². The smallest absolute Gasteiger partial charge is 0.356 e. The zero-order valence-corrected chi connectivity index (χ0v) is 11.4. The second kappa shape index (κ2) is 7.72. The fourth-order valence-electron chi connectivity index (χ4n) is 2.42. The number of hydrogen-bond acceptors (Lipinski definition) is 2. The van der Waals surface area contributed by atoms with Crippen LogP contribution in [0.1, 0.15) is 45.4 Å². The van der Waals surface area contributed by atoms with Crippen LogP contribution in [0, 0.1) is 5.92 Å². The number of carbonyl (C=O) groups is 1. The molecule has 1 aliphatic rings. The Labute approximate surface area is 112 Å². The first-order valence-corrected chi connectivity index (χ1v) is 7.00. The Hall–Kier alpha value is -0.780. The van der Waals surface area contributed by atoms with E-state index in [0.717, 1.165) is 12.8 Å². The van der Waals surface area contributed by atoms with E-state index >= 15 is 0 Å². The van der Waals surface area contributed by atoms with Crippen LogP contribution in [0.3, 0.4) is 0 Å². The standard InChI is InChI=1S/C13H23F3N2O/c1-2-7-18-12(19)6-8-17-11-5-3-4-10(9-11)13(14,15)16/h10-11,17H,2-9H2,1H3,(H,18,19). The van der Waals surface area contributed by atoms with Gasteiger partial charge in [-0.2, -0.15) is 13.2 Å². The summed E-state index contributed by atoms with van der Waals surface area (Å²) in [7, 11) is 0. The SMILES string of the molecule is CCCNC(=O)CCNC1CCCC(C(F)(F)F)C1. The van der Waals surface area contributed by atoms with Crippen LogP contribution in [0.2, 0.25) is 0 Å². The summed E-state index contributed by atoms with van der Waals surface area (Å²) in [5.74, 6) is -1.23. The monoisotopic (exact) mass is 280 g/mol. The van der Waals surface area contributed by atoms with E-state index < -0.39 is 12.1 Å². The average Bonchev–Trinajstić information content (AvgIpc) is 2.36.